The fraction of sp³-hybridized carbons (Fsp3) is 0.933. The van der Waals surface area contributed by atoms with Crippen molar-refractivity contribution < 1.29 is 9.90 Å². The van der Waals surface area contributed by atoms with Gasteiger partial charge in [0.1, 0.15) is 0 Å². The highest BCUT2D eigenvalue weighted by atomic mass is 16.3. The maximum Gasteiger partial charge on any atom is 0.223 e. The number of hydrogen-bond donors (Lipinski definition) is 2. The van der Waals surface area contributed by atoms with Gasteiger partial charge in [-0.1, -0.05) is 33.6 Å². The molecule has 0 bridgehead atoms. The van der Waals surface area contributed by atoms with Gasteiger partial charge in [0.15, 0.2) is 0 Å². The van der Waals surface area contributed by atoms with Gasteiger partial charge in [0.25, 0.3) is 0 Å². The third-order valence-corrected chi connectivity index (χ3v) is 3.76. The Labute approximate surface area is 111 Å². The number of carbonyl (C=O) groups excluding carboxylic acids is 1. The van der Waals surface area contributed by atoms with E-state index in [0.29, 0.717) is 5.41 Å². The third kappa shape index (κ3) is 5.85. The summed E-state index contributed by atoms with van der Waals surface area (Å²) < 4.78 is 0. The SMILES string of the molecule is CC(CCC(C)(C)C)NC(=O)CC1(O)CCCC1. The molecule has 1 amide bonds. The van der Waals surface area contributed by atoms with E-state index in [2.05, 4.69) is 26.1 Å². The molecule has 0 spiro atoms. The highest BCUT2D eigenvalue weighted by Crippen LogP contribution is 2.32. The van der Waals surface area contributed by atoms with E-state index < -0.39 is 5.60 Å². The van der Waals surface area contributed by atoms with Crippen LogP contribution in [0.1, 0.15) is 72.6 Å². The van der Waals surface area contributed by atoms with E-state index in [1.807, 2.05) is 6.92 Å². The predicted molar refractivity (Wildman–Crippen MR) is 74.3 cm³/mol. The predicted octanol–water partition coefficient (Wildman–Crippen LogP) is 3.01. The van der Waals surface area contributed by atoms with Gasteiger partial charge in [-0.25, -0.2) is 0 Å². The van der Waals surface area contributed by atoms with Crippen molar-refractivity contribution in [1.82, 2.24) is 5.32 Å². The lowest BCUT2D eigenvalue weighted by Crippen LogP contribution is -2.39. The first-order valence-corrected chi connectivity index (χ1v) is 7.22. The van der Waals surface area contributed by atoms with Crippen LogP contribution in [0.3, 0.4) is 0 Å². The van der Waals surface area contributed by atoms with E-state index in [1.54, 1.807) is 0 Å². The normalized spacial score (nSPS) is 20.7. The topological polar surface area (TPSA) is 49.3 Å². The average molecular weight is 255 g/mol. The number of carbonyl (C=O) groups is 1. The van der Waals surface area contributed by atoms with Crippen LogP contribution in [0, 0.1) is 5.41 Å². The van der Waals surface area contributed by atoms with E-state index in [-0.39, 0.29) is 18.4 Å². The largest absolute Gasteiger partial charge is 0.389 e. The van der Waals surface area contributed by atoms with Crippen molar-refractivity contribution in [2.75, 3.05) is 0 Å². The Morgan fingerprint density at radius 3 is 2.39 bits per heavy atom. The van der Waals surface area contributed by atoms with E-state index in [0.717, 1.165) is 38.5 Å². The summed E-state index contributed by atoms with van der Waals surface area (Å²) >= 11 is 0. The van der Waals surface area contributed by atoms with Crippen LogP contribution in [0.5, 0.6) is 0 Å². The summed E-state index contributed by atoms with van der Waals surface area (Å²) in [5.74, 6) is 0.000749. The van der Waals surface area contributed by atoms with Gasteiger partial charge >= 0.3 is 0 Å². The standard InChI is InChI=1S/C15H29NO2/c1-12(7-10-14(2,3)4)16-13(17)11-15(18)8-5-6-9-15/h12,18H,5-11H2,1-4H3,(H,16,17). The summed E-state index contributed by atoms with van der Waals surface area (Å²) in [5, 5.41) is 13.2. The molecule has 0 saturated heterocycles. The molecule has 0 aromatic carbocycles. The Kier molecular flexibility index (Phi) is 5.20. The van der Waals surface area contributed by atoms with Crippen molar-refractivity contribution in [1.29, 1.82) is 0 Å². The van der Waals surface area contributed by atoms with Crippen molar-refractivity contribution in [3.05, 3.63) is 0 Å². The number of nitrogens with one attached hydrogen (secondary N) is 1. The smallest absolute Gasteiger partial charge is 0.223 e. The molecular weight excluding hydrogens is 226 g/mol. The highest BCUT2D eigenvalue weighted by Gasteiger charge is 2.33. The van der Waals surface area contributed by atoms with Gasteiger partial charge in [0.2, 0.25) is 5.91 Å². The molecular formula is C15H29NO2. The Balaban J connectivity index is 2.27. The molecule has 18 heavy (non-hydrogen) atoms. The molecule has 1 atom stereocenters. The molecule has 2 N–H and O–H groups in total. The van der Waals surface area contributed by atoms with Crippen LogP contribution >= 0.6 is 0 Å². The highest BCUT2D eigenvalue weighted by molar-refractivity contribution is 5.77. The molecule has 1 unspecified atom stereocenters. The first kappa shape index (κ1) is 15.5. The average Bonchev–Trinajstić information content (AvgIpc) is 2.60. The second kappa shape index (κ2) is 6.05. The molecule has 0 aromatic rings. The van der Waals surface area contributed by atoms with Crippen LogP contribution in [0.25, 0.3) is 0 Å². The molecule has 0 aliphatic heterocycles. The third-order valence-electron chi connectivity index (χ3n) is 3.76. The lowest BCUT2D eigenvalue weighted by molar-refractivity contribution is -0.126. The molecule has 1 aliphatic carbocycles. The molecule has 1 rings (SSSR count). The summed E-state index contributed by atoms with van der Waals surface area (Å²) in [6.45, 7) is 8.68. The minimum Gasteiger partial charge on any atom is -0.389 e. The summed E-state index contributed by atoms with van der Waals surface area (Å²) in [6, 6.07) is 0.196. The zero-order valence-corrected chi connectivity index (χ0v) is 12.4. The van der Waals surface area contributed by atoms with Gasteiger partial charge < -0.3 is 10.4 Å². The van der Waals surface area contributed by atoms with Gasteiger partial charge in [0, 0.05) is 6.04 Å². The Bertz CT molecular complexity index is 275. The van der Waals surface area contributed by atoms with Crippen molar-refractivity contribution in [3.63, 3.8) is 0 Å². The van der Waals surface area contributed by atoms with Crippen molar-refractivity contribution in [2.45, 2.75) is 84.3 Å². The van der Waals surface area contributed by atoms with Gasteiger partial charge in [-0.15, -0.1) is 0 Å². The number of hydrogen-bond acceptors (Lipinski definition) is 2. The number of amides is 1. The fourth-order valence-corrected chi connectivity index (χ4v) is 2.56. The lowest BCUT2D eigenvalue weighted by atomic mass is 9.89. The summed E-state index contributed by atoms with van der Waals surface area (Å²) in [5.41, 5.74) is -0.420. The lowest BCUT2D eigenvalue weighted by Gasteiger charge is -2.24. The second-order valence-corrected chi connectivity index (χ2v) is 7.18. The first-order chi connectivity index (χ1) is 8.20. The monoisotopic (exact) mass is 255 g/mol. The number of rotatable bonds is 5. The van der Waals surface area contributed by atoms with Crippen molar-refractivity contribution >= 4 is 5.91 Å². The maximum atomic E-state index is 11.9. The van der Waals surface area contributed by atoms with Gasteiger partial charge in [-0.3, -0.25) is 4.79 Å². The van der Waals surface area contributed by atoms with Crippen LogP contribution in [-0.2, 0) is 4.79 Å². The van der Waals surface area contributed by atoms with Crippen LogP contribution in [0.2, 0.25) is 0 Å². The Morgan fingerprint density at radius 1 is 1.33 bits per heavy atom. The molecule has 3 nitrogen and oxygen atoms in total. The van der Waals surface area contributed by atoms with Gasteiger partial charge in [-0.05, 0) is 38.0 Å². The maximum absolute atomic E-state index is 11.9. The van der Waals surface area contributed by atoms with Gasteiger partial charge in [0.05, 0.1) is 12.0 Å². The van der Waals surface area contributed by atoms with Crippen LogP contribution < -0.4 is 5.32 Å². The van der Waals surface area contributed by atoms with E-state index >= 15 is 0 Å². The minimum atomic E-state index is -0.728. The van der Waals surface area contributed by atoms with Crippen molar-refractivity contribution in [2.24, 2.45) is 5.41 Å². The van der Waals surface area contributed by atoms with E-state index in [1.165, 1.54) is 0 Å². The zero-order valence-electron chi connectivity index (χ0n) is 12.4. The van der Waals surface area contributed by atoms with Crippen LogP contribution in [0.15, 0.2) is 0 Å². The molecule has 0 heterocycles. The molecule has 1 saturated carbocycles. The van der Waals surface area contributed by atoms with E-state index in [9.17, 15) is 9.90 Å². The molecule has 0 aromatic heterocycles. The van der Waals surface area contributed by atoms with E-state index in [4.69, 9.17) is 0 Å². The Morgan fingerprint density at radius 2 is 1.89 bits per heavy atom. The molecule has 1 fully saturated rings. The molecule has 1 aliphatic rings. The molecule has 3 heteroatoms. The molecule has 0 radical (unpaired) electrons. The summed E-state index contributed by atoms with van der Waals surface area (Å²) in [6.07, 6.45) is 6.00. The zero-order chi connectivity index (χ0) is 13.8. The first-order valence-electron chi connectivity index (χ1n) is 7.22. The van der Waals surface area contributed by atoms with Crippen LogP contribution in [0.4, 0.5) is 0 Å². The number of aliphatic hydroxyl groups is 1. The van der Waals surface area contributed by atoms with Crippen LogP contribution in [-0.4, -0.2) is 22.7 Å². The summed E-state index contributed by atoms with van der Waals surface area (Å²) in [4.78, 5) is 11.9. The van der Waals surface area contributed by atoms with Crippen molar-refractivity contribution in [3.8, 4) is 0 Å². The quantitative estimate of drug-likeness (QED) is 0.793. The second-order valence-electron chi connectivity index (χ2n) is 7.18. The minimum absolute atomic E-state index is 0.000749. The molecule has 106 valence electrons. The Hall–Kier alpha value is -0.570. The van der Waals surface area contributed by atoms with Gasteiger partial charge in [-0.2, -0.15) is 0 Å². The fourth-order valence-electron chi connectivity index (χ4n) is 2.56. The summed E-state index contributed by atoms with van der Waals surface area (Å²) in [7, 11) is 0.